The minimum atomic E-state index is -0.239. The highest BCUT2D eigenvalue weighted by Crippen LogP contribution is 2.16. The van der Waals surface area contributed by atoms with E-state index in [4.69, 9.17) is 4.74 Å². The maximum absolute atomic E-state index is 12.6. The van der Waals surface area contributed by atoms with Crippen molar-refractivity contribution in [2.75, 3.05) is 12.4 Å². The Hall–Kier alpha value is -0.700. The molecule has 0 amide bonds. The van der Waals surface area contributed by atoms with Crippen molar-refractivity contribution < 1.29 is 9.13 Å². The summed E-state index contributed by atoms with van der Waals surface area (Å²) in [5.74, 6) is 2.25. The average molecular weight is 228 g/mol. The molecule has 0 heterocycles. The molecule has 0 aliphatic heterocycles. The monoisotopic (exact) mass is 228 g/mol. The van der Waals surface area contributed by atoms with Gasteiger partial charge in [0.15, 0.2) is 0 Å². The zero-order valence-electron chi connectivity index (χ0n) is 9.11. The molecule has 1 atom stereocenters. The van der Waals surface area contributed by atoms with Crippen molar-refractivity contribution in [3.05, 3.63) is 30.1 Å². The van der Waals surface area contributed by atoms with Gasteiger partial charge >= 0.3 is 0 Å². The van der Waals surface area contributed by atoms with Crippen molar-refractivity contribution in [3.8, 4) is 5.75 Å². The molecule has 0 aliphatic carbocycles. The Kier molecular flexibility index (Phi) is 4.95. The predicted octanol–water partition coefficient (Wildman–Crippen LogP) is 3.41. The summed E-state index contributed by atoms with van der Waals surface area (Å²) in [5, 5.41) is 0. The van der Waals surface area contributed by atoms with Gasteiger partial charge in [-0.2, -0.15) is 12.6 Å². The van der Waals surface area contributed by atoms with Crippen molar-refractivity contribution in [3.63, 3.8) is 0 Å². The van der Waals surface area contributed by atoms with E-state index in [1.165, 1.54) is 12.1 Å². The second-order valence-electron chi connectivity index (χ2n) is 3.95. The van der Waals surface area contributed by atoms with Crippen LogP contribution in [0.3, 0.4) is 0 Å². The van der Waals surface area contributed by atoms with Gasteiger partial charge in [-0.05, 0) is 35.9 Å². The van der Waals surface area contributed by atoms with Crippen molar-refractivity contribution in [1.29, 1.82) is 0 Å². The Morgan fingerprint density at radius 2 is 1.87 bits per heavy atom. The Balaban J connectivity index is 2.45. The van der Waals surface area contributed by atoms with Gasteiger partial charge in [-0.25, -0.2) is 4.39 Å². The SMILES string of the molecule is CC(C)C(CS)COc1ccc(F)cc1. The van der Waals surface area contributed by atoms with E-state index in [9.17, 15) is 4.39 Å². The van der Waals surface area contributed by atoms with E-state index in [1.54, 1.807) is 12.1 Å². The van der Waals surface area contributed by atoms with Crippen LogP contribution in [0.5, 0.6) is 5.75 Å². The van der Waals surface area contributed by atoms with Crippen LogP contribution in [-0.4, -0.2) is 12.4 Å². The molecule has 84 valence electrons. The first-order valence-corrected chi connectivity index (χ1v) is 5.76. The molecule has 1 aromatic rings. The van der Waals surface area contributed by atoms with Gasteiger partial charge in [-0.1, -0.05) is 13.8 Å². The fourth-order valence-electron chi connectivity index (χ4n) is 1.19. The van der Waals surface area contributed by atoms with Crippen LogP contribution in [0.25, 0.3) is 0 Å². The van der Waals surface area contributed by atoms with Crippen LogP contribution in [0.1, 0.15) is 13.8 Å². The summed E-state index contributed by atoms with van der Waals surface area (Å²) in [6.45, 7) is 4.93. The lowest BCUT2D eigenvalue weighted by molar-refractivity contribution is 0.227. The van der Waals surface area contributed by atoms with Crippen LogP contribution in [0.15, 0.2) is 24.3 Å². The first-order chi connectivity index (χ1) is 7.13. The van der Waals surface area contributed by atoms with E-state index in [0.29, 0.717) is 24.2 Å². The molecule has 0 radical (unpaired) electrons. The highest BCUT2D eigenvalue weighted by molar-refractivity contribution is 7.80. The highest BCUT2D eigenvalue weighted by Gasteiger charge is 2.12. The molecule has 1 rings (SSSR count). The molecule has 0 saturated carbocycles. The van der Waals surface area contributed by atoms with Crippen molar-refractivity contribution in [1.82, 2.24) is 0 Å². The zero-order chi connectivity index (χ0) is 11.3. The first-order valence-electron chi connectivity index (χ1n) is 5.12. The summed E-state index contributed by atoms with van der Waals surface area (Å²) in [6, 6.07) is 6.09. The summed E-state index contributed by atoms with van der Waals surface area (Å²) >= 11 is 4.28. The lowest BCUT2D eigenvalue weighted by atomic mass is 9.99. The molecule has 0 N–H and O–H groups in total. The van der Waals surface area contributed by atoms with E-state index < -0.39 is 0 Å². The number of ether oxygens (including phenoxy) is 1. The topological polar surface area (TPSA) is 9.23 Å². The van der Waals surface area contributed by atoms with Gasteiger partial charge in [-0.15, -0.1) is 0 Å². The molecule has 1 aromatic carbocycles. The summed E-state index contributed by atoms with van der Waals surface area (Å²) in [7, 11) is 0. The van der Waals surface area contributed by atoms with Gasteiger partial charge in [0.05, 0.1) is 6.61 Å². The maximum Gasteiger partial charge on any atom is 0.123 e. The quantitative estimate of drug-likeness (QED) is 0.760. The Bertz CT molecular complexity index is 284. The highest BCUT2D eigenvalue weighted by atomic mass is 32.1. The minimum Gasteiger partial charge on any atom is -0.493 e. The summed E-state index contributed by atoms with van der Waals surface area (Å²) in [6.07, 6.45) is 0. The number of benzene rings is 1. The van der Waals surface area contributed by atoms with Crippen LogP contribution in [0.4, 0.5) is 4.39 Å². The van der Waals surface area contributed by atoms with E-state index in [2.05, 4.69) is 26.5 Å². The van der Waals surface area contributed by atoms with Crippen molar-refractivity contribution >= 4 is 12.6 Å². The predicted molar refractivity (Wildman–Crippen MR) is 64.1 cm³/mol. The second-order valence-corrected chi connectivity index (χ2v) is 4.32. The third kappa shape index (κ3) is 4.12. The number of halogens is 1. The number of hydrogen-bond acceptors (Lipinski definition) is 2. The molecule has 3 heteroatoms. The van der Waals surface area contributed by atoms with Gasteiger partial charge in [0.25, 0.3) is 0 Å². The van der Waals surface area contributed by atoms with Crippen molar-refractivity contribution in [2.45, 2.75) is 13.8 Å². The first kappa shape index (κ1) is 12.4. The fourth-order valence-corrected chi connectivity index (χ4v) is 1.72. The van der Waals surface area contributed by atoms with Crippen molar-refractivity contribution in [2.24, 2.45) is 11.8 Å². The van der Waals surface area contributed by atoms with Gasteiger partial charge in [0, 0.05) is 5.92 Å². The Morgan fingerprint density at radius 3 is 2.33 bits per heavy atom. The molecule has 0 fully saturated rings. The largest absolute Gasteiger partial charge is 0.493 e. The smallest absolute Gasteiger partial charge is 0.123 e. The molecular weight excluding hydrogens is 211 g/mol. The third-order valence-electron chi connectivity index (χ3n) is 2.46. The van der Waals surface area contributed by atoms with E-state index in [1.807, 2.05) is 0 Å². The zero-order valence-corrected chi connectivity index (χ0v) is 10.0. The van der Waals surface area contributed by atoms with Crippen LogP contribution in [-0.2, 0) is 0 Å². The average Bonchev–Trinajstić information content (AvgIpc) is 2.21. The molecular formula is C12H17FOS. The van der Waals surface area contributed by atoms with Crippen LogP contribution in [0.2, 0.25) is 0 Å². The summed E-state index contributed by atoms with van der Waals surface area (Å²) in [5.41, 5.74) is 0. The van der Waals surface area contributed by atoms with Crippen LogP contribution in [0, 0.1) is 17.7 Å². The molecule has 15 heavy (non-hydrogen) atoms. The number of thiol groups is 1. The van der Waals surface area contributed by atoms with Gasteiger partial charge in [-0.3, -0.25) is 0 Å². The lowest BCUT2D eigenvalue weighted by Gasteiger charge is -2.18. The summed E-state index contributed by atoms with van der Waals surface area (Å²) < 4.78 is 18.2. The van der Waals surface area contributed by atoms with Gasteiger partial charge in [0.2, 0.25) is 0 Å². The maximum atomic E-state index is 12.6. The Morgan fingerprint density at radius 1 is 1.27 bits per heavy atom. The van der Waals surface area contributed by atoms with Crippen LogP contribution < -0.4 is 4.74 Å². The normalized spacial score (nSPS) is 12.9. The van der Waals surface area contributed by atoms with Crippen LogP contribution >= 0.6 is 12.6 Å². The molecule has 0 spiro atoms. The van der Waals surface area contributed by atoms with E-state index in [0.717, 1.165) is 5.75 Å². The molecule has 0 aromatic heterocycles. The standard InChI is InChI=1S/C12H17FOS/c1-9(2)10(8-15)7-14-12-5-3-11(13)4-6-12/h3-6,9-10,15H,7-8H2,1-2H3. The van der Waals surface area contributed by atoms with E-state index in [-0.39, 0.29) is 5.82 Å². The fraction of sp³-hybridized carbons (Fsp3) is 0.500. The summed E-state index contributed by atoms with van der Waals surface area (Å²) in [4.78, 5) is 0. The molecule has 1 nitrogen and oxygen atoms in total. The van der Waals surface area contributed by atoms with E-state index >= 15 is 0 Å². The number of hydrogen-bond donors (Lipinski definition) is 1. The number of rotatable bonds is 5. The lowest BCUT2D eigenvalue weighted by Crippen LogP contribution is -2.19. The molecule has 1 unspecified atom stereocenters. The molecule has 0 aliphatic rings. The molecule has 0 saturated heterocycles. The molecule has 0 bridgehead atoms. The van der Waals surface area contributed by atoms with Gasteiger partial charge in [0.1, 0.15) is 11.6 Å². The third-order valence-corrected chi connectivity index (χ3v) is 2.92. The minimum absolute atomic E-state index is 0.239. The Labute approximate surface area is 96.1 Å². The van der Waals surface area contributed by atoms with Gasteiger partial charge < -0.3 is 4.74 Å². The second kappa shape index (κ2) is 6.01.